The number of aryl methyl sites for hydroxylation is 2. The highest BCUT2D eigenvalue weighted by molar-refractivity contribution is 7.90. The van der Waals surface area contributed by atoms with Gasteiger partial charge in [0, 0.05) is 25.7 Å². The topological polar surface area (TPSA) is 263 Å². The first-order valence-electron chi connectivity index (χ1n) is 17.7. The Balaban J connectivity index is 0.000000287. The molecule has 2 aromatic carbocycles. The molecule has 21 nitrogen and oxygen atoms in total. The standard InChI is InChI=1S/C25H25F3N2O6.C12H14N6O7S/c1-5-16-6-7-17(20(12-16)36-15(2)23(32)34-4)14-35-19-10-8-18(9-11-19)30-22(31)13-21(25(26,27)28)29(3)24(30)33;1-18-9(6(5-13-18)10(19)20)26(22,23)17-12(21)16-11-14-7(24-2)4-8(15-11)25-3/h6-13,15H,5,14H2,1-4H3;4-5H,1-3H3,(H,19,20)(H2,14,15,16,17,21). The number of sulfonamides is 1. The van der Waals surface area contributed by atoms with E-state index in [1.807, 2.05) is 25.1 Å². The Kier molecular flexibility index (Phi) is 15.0. The normalized spacial score (nSPS) is 11.6. The number of hydrogen-bond donors (Lipinski definition) is 3. The first kappa shape index (κ1) is 47.2. The summed E-state index contributed by atoms with van der Waals surface area (Å²) in [5.74, 6) is -1.36. The smallest absolute Gasteiger partial charge is 0.431 e. The summed E-state index contributed by atoms with van der Waals surface area (Å²) in [4.78, 5) is 67.2. The summed E-state index contributed by atoms with van der Waals surface area (Å²) >= 11 is 0. The second-order valence-electron chi connectivity index (χ2n) is 12.5. The number of ether oxygens (including phenoxy) is 5. The van der Waals surface area contributed by atoms with Crippen LogP contribution in [-0.2, 0) is 52.9 Å². The lowest BCUT2D eigenvalue weighted by molar-refractivity contribution is -0.148. The zero-order valence-corrected chi connectivity index (χ0v) is 34.7. The van der Waals surface area contributed by atoms with Gasteiger partial charge in [-0.2, -0.15) is 36.7 Å². The molecule has 0 aliphatic heterocycles. The SMILES string of the molecule is CCc1ccc(COc2ccc(-n3c(=O)cc(C(F)(F)F)n(C)c3=O)cc2)c(OC(C)C(=O)OC)c1.COc1cc(OC)nc(NC(=O)NS(=O)(=O)c2c(C(=O)O)cnn2C)n1. The van der Waals surface area contributed by atoms with Gasteiger partial charge in [-0.15, -0.1) is 0 Å². The van der Waals surface area contributed by atoms with Crippen molar-refractivity contribution in [2.45, 2.75) is 44.2 Å². The Bertz CT molecular complexity index is 2660. The molecule has 0 saturated heterocycles. The van der Waals surface area contributed by atoms with Gasteiger partial charge in [0.1, 0.15) is 29.4 Å². The van der Waals surface area contributed by atoms with E-state index < -0.39 is 67.8 Å². The lowest BCUT2D eigenvalue weighted by Gasteiger charge is -2.17. The maximum absolute atomic E-state index is 13.1. The lowest BCUT2D eigenvalue weighted by Crippen LogP contribution is -2.40. The number of nitrogens with one attached hydrogen (secondary N) is 2. The van der Waals surface area contributed by atoms with Crippen molar-refractivity contribution in [3.8, 4) is 28.9 Å². The minimum absolute atomic E-state index is 0.0646. The molecule has 2 amide bonds. The first-order chi connectivity index (χ1) is 29.1. The van der Waals surface area contributed by atoms with E-state index in [0.29, 0.717) is 32.3 Å². The number of alkyl halides is 3. The molecule has 0 saturated carbocycles. The van der Waals surface area contributed by atoms with E-state index in [9.17, 15) is 45.6 Å². The number of urea groups is 1. The molecule has 0 radical (unpaired) electrons. The summed E-state index contributed by atoms with van der Waals surface area (Å²) in [7, 11) is 1.55. The van der Waals surface area contributed by atoms with Gasteiger partial charge >= 0.3 is 29.8 Å². The van der Waals surface area contributed by atoms with Crippen LogP contribution < -0.4 is 40.2 Å². The Morgan fingerprint density at radius 3 is 2.11 bits per heavy atom. The van der Waals surface area contributed by atoms with Gasteiger partial charge < -0.3 is 28.8 Å². The number of anilines is 1. The number of hydrogen-bond acceptors (Lipinski definition) is 15. The maximum Gasteiger partial charge on any atom is 0.431 e. The Hall–Kier alpha value is -7.44. The van der Waals surface area contributed by atoms with Gasteiger partial charge in [0.05, 0.1) is 39.3 Å². The van der Waals surface area contributed by atoms with Gasteiger partial charge in [0.25, 0.3) is 15.6 Å². The van der Waals surface area contributed by atoms with Crippen molar-refractivity contribution in [1.29, 1.82) is 0 Å². The molecule has 3 aromatic heterocycles. The third-order valence-corrected chi connectivity index (χ3v) is 9.84. The number of carboxylic acids is 1. The van der Waals surface area contributed by atoms with Crippen molar-refractivity contribution in [2.24, 2.45) is 14.1 Å². The largest absolute Gasteiger partial charge is 0.489 e. The number of aromatic carboxylic acids is 1. The van der Waals surface area contributed by atoms with Gasteiger partial charge in [0.15, 0.2) is 11.1 Å². The fraction of sp³-hybridized carbons (Fsp3) is 0.297. The molecule has 0 bridgehead atoms. The molecular formula is C37H39F3N8O13S. The first-order valence-corrected chi connectivity index (χ1v) is 19.2. The maximum atomic E-state index is 13.1. The van der Waals surface area contributed by atoms with E-state index in [4.69, 9.17) is 28.8 Å². The van der Waals surface area contributed by atoms with Crippen LogP contribution in [0.3, 0.4) is 0 Å². The third kappa shape index (κ3) is 11.4. The van der Waals surface area contributed by atoms with Gasteiger partial charge in [-0.05, 0) is 49.2 Å². The van der Waals surface area contributed by atoms with Crippen molar-refractivity contribution in [1.82, 2.24) is 33.6 Å². The van der Waals surface area contributed by atoms with Gasteiger partial charge in [-0.3, -0.25) is 19.4 Å². The summed E-state index contributed by atoms with van der Waals surface area (Å²) < 4.78 is 93.3. The van der Waals surface area contributed by atoms with Crippen LogP contribution in [-0.4, -0.2) is 87.8 Å². The summed E-state index contributed by atoms with van der Waals surface area (Å²) in [6, 6.07) is 11.8. The lowest BCUT2D eigenvalue weighted by atomic mass is 10.1. The predicted octanol–water partition coefficient (Wildman–Crippen LogP) is 3.07. The number of halogens is 3. The van der Waals surface area contributed by atoms with Crippen LogP contribution in [0.2, 0.25) is 0 Å². The quantitative estimate of drug-likeness (QED) is 0.135. The molecule has 3 heterocycles. The Morgan fingerprint density at radius 2 is 1.56 bits per heavy atom. The van der Waals surface area contributed by atoms with E-state index >= 15 is 0 Å². The fourth-order valence-electron chi connectivity index (χ4n) is 5.30. The number of esters is 1. The van der Waals surface area contributed by atoms with Crippen molar-refractivity contribution >= 4 is 33.9 Å². The van der Waals surface area contributed by atoms with Crippen LogP contribution in [0.4, 0.5) is 23.9 Å². The summed E-state index contributed by atoms with van der Waals surface area (Å²) in [6.07, 6.45) is -4.06. The van der Waals surface area contributed by atoms with E-state index in [2.05, 4.69) is 20.4 Å². The van der Waals surface area contributed by atoms with E-state index in [0.717, 1.165) is 29.9 Å². The van der Waals surface area contributed by atoms with Gasteiger partial charge in [-0.25, -0.2) is 28.5 Å². The van der Waals surface area contributed by atoms with Gasteiger partial charge in [0.2, 0.25) is 17.7 Å². The molecule has 1 unspecified atom stereocenters. The highest BCUT2D eigenvalue weighted by Crippen LogP contribution is 2.28. The molecule has 0 spiro atoms. The van der Waals surface area contributed by atoms with Crippen molar-refractivity contribution in [3.63, 3.8) is 0 Å². The molecule has 332 valence electrons. The Morgan fingerprint density at radius 1 is 0.935 bits per heavy atom. The van der Waals surface area contributed by atoms with E-state index in [1.165, 1.54) is 58.7 Å². The third-order valence-electron chi connectivity index (χ3n) is 8.40. The number of rotatable bonds is 14. The molecule has 0 aliphatic rings. The average molecular weight is 893 g/mol. The minimum atomic E-state index is -4.84. The van der Waals surface area contributed by atoms with Crippen LogP contribution >= 0.6 is 0 Å². The highest BCUT2D eigenvalue weighted by atomic mass is 32.2. The summed E-state index contributed by atoms with van der Waals surface area (Å²) in [5, 5.41) is 14.0. The van der Waals surface area contributed by atoms with E-state index in [-0.39, 0.29) is 30.0 Å². The van der Waals surface area contributed by atoms with Crippen molar-refractivity contribution in [2.75, 3.05) is 26.6 Å². The van der Waals surface area contributed by atoms with Crippen LogP contribution in [0.15, 0.2) is 75.4 Å². The van der Waals surface area contributed by atoms with Crippen LogP contribution in [0.1, 0.15) is 41.0 Å². The highest BCUT2D eigenvalue weighted by Gasteiger charge is 2.35. The molecule has 62 heavy (non-hydrogen) atoms. The van der Waals surface area contributed by atoms with E-state index in [1.54, 1.807) is 11.6 Å². The number of carbonyl (C=O) groups is 3. The zero-order chi connectivity index (χ0) is 46.1. The van der Waals surface area contributed by atoms with Crippen LogP contribution in [0.5, 0.6) is 23.3 Å². The number of methoxy groups -OCH3 is 3. The monoisotopic (exact) mass is 892 g/mol. The number of amides is 2. The van der Waals surface area contributed by atoms with Crippen molar-refractivity contribution in [3.05, 3.63) is 104 Å². The number of carboxylic acid groups (broad SMARTS) is 1. The summed E-state index contributed by atoms with van der Waals surface area (Å²) in [5.41, 5.74) is -2.39. The molecule has 0 fully saturated rings. The zero-order valence-electron chi connectivity index (χ0n) is 33.8. The predicted molar refractivity (Wildman–Crippen MR) is 209 cm³/mol. The number of carbonyl (C=O) groups excluding carboxylic acids is 2. The average Bonchev–Trinajstić information content (AvgIpc) is 3.63. The molecule has 5 aromatic rings. The molecule has 1 atom stereocenters. The van der Waals surface area contributed by atoms with Crippen LogP contribution in [0, 0.1) is 0 Å². The number of nitrogens with zero attached hydrogens (tertiary/aromatic N) is 6. The summed E-state index contributed by atoms with van der Waals surface area (Å²) in [6.45, 7) is 3.63. The number of aromatic nitrogens is 6. The molecule has 5 rings (SSSR count). The van der Waals surface area contributed by atoms with Crippen molar-refractivity contribution < 1.29 is 64.8 Å². The second-order valence-corrected chi connectivity index (χ2v) is 14.1. The number of benzene rings is 2. The minimum Gasteiger partial charge on any atom is -0.489 e. The second kappa shape index (κ2) is 19.7. The molecular weight excluding hydrogens is 854 g/mol. The fourth-order valence-corrected chi connectivity index (χ4v) is 6.51. The van der Waals surface area contributed by atoms with Gasteiger partial charge in [-0.1, -0.05) is 19.1 Å². The molecule has 25 heteroatoms. The molecule has 3 N–H and O–H groups in total. The molecule has 0 aliphatic carbocycles. The Labute approximate surface area is 349 Å². The van der Waals surface area contributed by atoms with Crippen LogP contribution in [0.25, 0.3) is 5.69 Å².